The minimum atomic E-state index is -5.02. The smallest absolute Gasteiger partial charge is 0.346 e. The maximum Gasteiger partial charge on any atom is 0.416 e. The van der Waals surface area contributed by atoms with Gasteiger partial charge in [0, 0.05) is 0 Å². The molecule has 0 heterocycles. The molecule has 1 saturated carbocycles. The van der Waals surface area contributed by atoms with Crippen LogP contribution in [0.3, 0.4) is 0 Å². The number of rotatable bonds is 8. The van der Waals surface area contributed by atoms with E-state index in [1.807, 2.05) is 12.1 Å². The van der Waals surface area contributed by atoms with Crippen LogP contribution in [0.1, 0.15) is 67.2 Å². The molecule has 3 rings (SSSR count). The number of halogens is 6. The molecule has 0 aromatic heterocycles. The zero-order chi connectivity index (χ0) is 28.4. The van der Waals surface area contributed by atoms with Crippen LogP contribution in [-0.4, -0.2) is 27.2 Å². The average molecular weight is 566 g/mol. The van der Waals surface area contributed by atoms with Crippen molar-refractivity contribution >= 4 is 16.0 Å². The van der Waals surface area contributed by atoms with Gasteiger partial charge in [-0.05, 0) is 74.3 Å². The summed E-state index contributed by atoms with van der Waals surface area (Å²) in [6, 6.07) is 10.2. The quantitative estimate of drug-likeness (QED) is 0.297. The van der Waals surface area contributed by atoms with E-state index < -0.39 is 51.0 Å². The lowest BCUT2D eigenvalue weighted by Crippen LogP contribution is -2.49. The highest BCUT2D eigenvalue weighted by molar-refractivity contribution is 7.85. The summed E-state index contributed by atoms with van der Waals surface area (Å²) in [5.41, 5.74) is -3.45. The second-order valence-corrected chi connectivity index (χ2v) is 11.4. The first-order valence-corrected chi connectivity index (χ1v) is 13.8. The first-order chi connectivity index (χ1) is 17.5. The molecule has 38 heavy (non-hydrogen) atoms. The van der Waals surface area contributed by atoms with Crippen LogP contribution in [0.5, 0.6) is 0 Å². The van der Waals surface area contributed by atoms with Crippen LogP contribution in [0, 0.1) is 5.92 Å². The molecule has 0 spiro atoms. The molecular formula is C26H29F6NO4S. The molecule has 1 atom stereocenters. The third-order valence-corrected chi connectivity index (χ3v) is 7.57. The summed E-state index contributed by atoms with van der Waals surface area (Å²) in [6.45, 7) is 1.31. The zero-order valence-electron chi connectivity index (χ0n) is 20.8. The van der Waals surface area contributed by atoms with Crippen molar-refractivity contribution in [2.24, 2.45) is 5.92 Å². The lowest BCUT2D eigenvalue weighted by Gasteiger charge is -2.42. The van der Waals surface area contributed by atoms with E-state index in [1.54, 1.807) is 18.2 Å². The van der Waals surface area contributed by atoms with Crippen LogP contribution in [0.15, 0.2) is 48.5 Å². The summed E-state index contributed by atoms with van der Waals surface area (Å²) in [7, 11) is -3.57. The van der Waals surface area contributed by atoms with Crippen molar-refractivity contribution in [2.75, 3.05) is 12.9 Å². The number of hydrogen-bond acceptors (Lipinski definition) is 4. The van der Waals surface area contributed by atoms with E-state index in [0.717, 1.165) is 11.8 Å². The Kier molecular flexibility index (Phi) is 8.87. The van der Waals surface area contributed by atoms with Crippen molar-refractivity contribution in [1.82, 2.24) is 5.32 Å². The van der Waals surface area contributed by atoms with Crippen molar-refractivity contribution in [3.05, 3.63) is 70.8 Å². The standard InChI is InChI=1S/C26H29F6NO4S/c1-17(19-14-21(25(27,28)29)16-22(15-19)26(30,31)32)23(34)33-24(20-6-4-3-5-7-20)11-8-18(9-12-24)10-13-37-38(2,35)36/h3-7,14-18H,8-13H2,1-2H3,(H,33,34). The predicted molar refractivity (Wildman–Crippen MR) is 128 cm³/mol. The molecule has 0 saturated heterocycles. The van der Waals surface area contributed by atoms with Gasteiger partial charge in [0.2, 0.25) is 5.91 Å². The Bertz CT molecular complexity index is 1190. The summed E-state index contributed by atoms with van der Waals surface area (Å²) in [6.07, 6.45) is -6.45. The van der Waals surface area contributed by atoms with Crippen molar-refractivity contribution in [3.63, 3.8) is 0 Å². The summed E-state index contributed by atoms with van der Waals surface area (Å²) < 4.78 is 107. The van der Waals surface area contributed by atoms with Gasteiger partial charge >= 0.3 is 12.4 Å². The average Bonchev–Trinajstić information content (AvgIpc) is 2.83. The van der Waals surface area contributed by atoms with E-state index in [0.29, 0.717) is 44.2 Å². The van der Waals surface area contributed by atoms with Crippen molar-refractivity contribution in [2.45, 2.75) is 62.8 Å². The summed E-state index contributed by atoms with van der Waals surface area (Å²) in [5.74, 6) is -1.86. The maximum atomic E-state index is 13.3. The normalized spacial score (nSPS) is 21.6. The van der Waals surface area contributed by atoms with Gasteiger partial charge in [0.1, 0.15) is 0 Å². The van der Waals surface area contributed by atoms with Gasteiger partial charge in [-0.2, -0.15) is 34.8 Å². The second-order valence-electron chi connectivity index (χ2n) is 9.76. The Labute approximate surface area is 217 Å². The summed E-state index contributed by atoms with van der Waals surface area (Å²) in [5, 5.41) is 2.94. The number of carbonyl (C=O) groups is 1. The first kappa shape index (κ1) is 29.9. The molecule has 12 heteroatoms. The zero-order valence-corrected chi connectivity index (χ0v) is 21.6. The SMILES string of the molecule is CC(C(=O)NC1(c2ccccc2)CCC(CCOS(C)(=O)=O)CC1)c1cc(C(F)(F)F)cc(C(F)(F)F)c1. The fourth-order valence-corrected chi connectivity index (χ4v) is 5.19. The molecule has 0 radical (unpaired) electrons. The molecule has 2 aromatic carbocycles. The molecule has 0 bridgehead atoms. The van der Waals surface area contributed by atoms with E-state index >= 15 is 0 Å². The van der Waals surface area contributed by atoms with Crippen LogP contribution in [0.25, 0.3) is 0 Å². The molecule has 210 valence electrons. The van der Waals surface area contributed by atoms with Gasteiger partial charge in [-0.15, -0.1) is 0 Å². The third kappa shape index (κ3) is 7.72. The topological polar surface area (TPSA) is 72.5 Å². The van der Waals surface area contributed by atoms with Crippen LogP contribution in [0.2, 0.25) is 0 Å². The third-order valence-electron chi connectivity index (χ3n) is 6.97. The molecule has 1 amide bonds. The fourth-order valence-electron chi connectivity index (χ4n) is 4.79. The highest BCUT2D eigenvalue weighted by Crippen LogP contribution is 2.42. The Morgan fingerprint density at radius 2 is 1.53 bits per heavy atom. The van der Waals surface area contributed by atoms with Gasteiger partial charge in [0.05, 0.1) is 35.4 Å². The minimum absolute atomic E-state index is 0.0301. The Morgan fingerprint density at radius 3 is 2.00 bits per heavy atom. The highest BCUT2D eigenvalue weighted by Gasteiger charge is 2.41. The second kappa shape index (κ2) is 11.3. The van der Waals surface area contributed by atoms with Crippen molar-refractivity contribution in [3.8, 4) is 0 Å². The molecule has 1 aliphatic rings. The molecular weight excluding hydrogens is 536 g/mol. The predicted octanol–water partition coefficient (Wildman–Crippen LogP) is 6.40. The van der Waals surface area contributed by atoms with E-state index in [4.69, 9.17) is 4.18 Å². The first-order valence-electron chi connectivity index (χ1n) is 12.0. The van der Waals surface area contributed by atoms with Crippen molar-refractivity contribution in [1.29, 1.82) is 0 Å². The largest absolute Gasteiger partial charge is 0.416 e. The number of alkyl halides is 6. The van der Waals surface area contributed by atoms with Crippen LogP contribution in [-0.2, 0) is 37.0 Å². The summed E-state index contributed by atoms with van der Waals surface area (Å²) in [4.78, 5) is 13.3. The number of benzene rings is 2. The molecule has 0 aliphatic heterocycles. The van der Waals surface area contributed by atoms with Gasteiger partial charge in [0.25, 0.3) is 10.1 Å². The lowest BCUT2D eigenvalue weighted by atomic mass is 9.71. The van der Waals surface area contributed by atoms with Gasteiger partial charge < -0.3 is 5.32 Å². The molecule has 1 N–H and O–H groups in total. The van der Waals surface area contributed by atoms with E-state index in [9.17, 15) is 39.6 Å². The number of carbonyl (C=O) groups excluding carboxylic acids is 1. The highest BCUT2D eigenvalue weighted by atomic mass is 32.2. The minimum Gasteiger partial charge on any atom is -0.346 e. The van der Waals surface area contributed by atoms with Gasteiger partial charge in [0.15, 0.2) is 0 Å². The number of nitrogens with one attached hydrogen (secondary N) is 1. The number of hydrogen-bond donors (Lipinski definition) is 1. The Balaban J connectivity index is 1.84. The van der Waals surface area contributed by atoms with Crippen LogP contribution < -0.4 is 5.32 Å². The van der Waals surface area contributed by atoms with Crippen LogP contribution >= 0.6 is 0 Å². The Morgan fingerprint density at radius 1 is 1.00 bits per heavy atom. The van der Waals surface area contributed by atoms with Gasteiger partial charge in [-0.25, -0.2) is 0 Å². The maximum absolute atomic E-state index is 13.3. The van der Waals surface area contributed by atoms with Crippen molar-refractivity contribution < 1.29 is 43.7 Å². The Hall–Kier alpha value is -2.60. The van der Waals surface area contributed by atoms with E-state index in [-0.39, 0.29) is 24.2 Å². The monoisotopic (exact) mass is 565 g/mol. The van der Waals surface area contributed by atoms with E-state index in [1.165, 1.54) is 6.92 Å². The summed E-state index contributed by atoms with van der Waals surface area (Å²) >= 11 is 0. The number of amides is 1. The van der Waals surface area contributed by atoms with Gasteiger partial charge in [-0.3, -0.25) is 8.98 Å². The molecule has 2 aromatic rings. The fraction of sp³-hybridized carbons (Fsp3) is 0.500. The molecule has 1 aliphatic carbocycles. The van der Waals surface area contributed by atoms with E-state index in [2.05, 4.69) is 5.32 Å². The molecule has 1 unspecified atom stereocenters. The molecule has 5 nitrogen and oxygen atoms in total. The van der Waals surface area contributed by atoms with Crippen LogP contribution in [0.4, 0.5) is 26.3 Å². The molecule has 1 fully saturated rings. The lowest BCUT2D eigenvalue weighted by molar-refractivity contribution is -0.143. The van der Waals surface area contributed by atoms with Gasteiger partial charge in [-0.1, -0.05) is 30.3 Å².